The second-order valence-electron chi connectivity index (χ2n) is 3.72. The molecule has 0 aliphatic rings. The Morgan fingerprint density at radius 2 is 1.76 bits per heavy atom. The predicted molar refractivity (Wildman–Crippen MR) is 66.4 cm³/mol. The summed E-state index contributed by atoms with van der Waals surface area (Å²) in [6.45, 7) is 1.71. The van der Waals surface area contributed by atoms with Gasteiger partial charge in [0.2, 0.25) is 0 Å². The van der Waals surface area contributed by atoms with Crippen LogP contribution in [0.1, 0.15) is 11.1 Å². The molecule has 90 valence electrons. The molecule has 0 aliphatic heterocycles. The fraction of sp³-hybridized carbons (Fsp3) is 0.167. The molecule has 0 atom stereocenters. The molecule has 0 aliphatic carbocycles. The van der Waals surface area contributed by atoms with Crippen molar-refractivity contribution in [3.05, 3.63) is 44.9 Å². The van der Waals surface area contributed by atoms with E-state index < -0.39 is 11.7 Å². The van der Waals surface area contributed by atoms with Crippen LogP contribution in [0.5, 0.6) is 0 Å². The van der Waals surface area contributed by atoms with Crippen molar-refractivity contribution in [3.63, 3.8) is 0 Å². The summed E-state index contributed by atoms with van der Waals surface area (Å²) in [5, 5.41) is 1.70. The molecule has 0 heterocycles. The number of alkyl halides is 3. The molecule has 0 fully saturated rings. The van der Waals surface area contributed by atoms with Gasteiger partial charge in [0, 0.05) is 9.50 Å². The van der Waals surface area contributed by atoms with Crippen LogP contribution < -0.4 is 0 Å². The van der Waals surface area contributed by atoms with Crippen molar-refractivity contribution in [3.8, 4) is 0 Å². The summed E-state index contributed by atoms with van der Waals surface area (Å²) in [6.07, 6.45) is -4.36. The summed E-state index contributed by atoms with van der Waals surface area (Å²) in [4.78, 5) is 0. The Balaban J connectivity index is 2.84. The summed E-state index contributed by atoms with van der Waals surface area (Å²) in [7, 11) is 0. The molecule has 0 amide bonds. The van der Waals surface area contributed by atoms with Gasteiger partial charge in [-0.05, 0) is 41.5 Å². The van der Waals surface area contributed by atoms with Crippen LogP contribution in [0.4, 0.5) is 13.2 Å². The van der Waals surface area contributed by atoms with Gasteiger partial charge in [-0.25, -0.2) is 0 Å². The van der Waals surface area contributed by atoms with Gasteiger partial charge in [-0.15, -0.1) is 0 Å². The van der Waals surface area contributed by atoms with Gasteiger partial charge in [0.25, 0.3) is 0 Å². The zero-order valence-corrected chi connectivity index (χ0v) is 11.0. The van der Waals surface area contributed by atoms with E-state index in [-0.39, 0.29) is 0 Å². The summed E-state index contributed by atoms with van der Waals surface area (Å²) in [5.41, 5.74) is -0.0294. The van der Waals surface area contributed by atoms with E-state index in [9.17, 15) is 13.2 Å². The number of hydrogen-bond acceptors (Lipinski definition) is 0. The highest BCUT2D eigenvalue weighted by molar-refractivity contribution is 9.10. The van der Waals surface area contributed by atoms with Gasteiger partial charge in [-0.2, -0.15) is 13.2 Å². The molecule has 2 aromatic rings. The maximum absolute atomic E-state index is 12.7. The maximum atomic E-state index is 12.7. The molecule has 17 heavy (non-hydrogen) atoms. The minimum Gasteiger partial charge on any atom is -0.166 e. The molecular formula is C12H7BrClF3. The average Bonchev–Trinajstić information content (AvgIpc) is 2.22. The SMILES string of the molecule is Cc1c(Cl)ccc2c(Br)cc(C(F)(F)F)cc12. The number of aryl methyl sites for hydroxylation is 1. The second kappa shape index (κ2) is 4.18. The first-order valence-electron chi connectivity index (χ1n) is 4.76. The minimum absolute atomic E-state index is 0.419. The van der Waals surface area contributed by atoms with E-state index in [2.05, 4.69) is 15.9 Å². The summed E-state index contributed by atoms with van der Waals surface area (Å²) in [6, 6.07) is 5.59. The second-order valence-corrected chi connectivity index (χ2v) is 4.98. The van der Waals surface area contributed by atoms with Gasteiger partial charge in [0.15, 0.2) is 0 Å². The number of fused-ring (bicyclic) bond motifs is 1. The monoisotopic (exact) mass is 322 g/mol. The Kier molecular flexibility index (Phi) is 3.12. The van der Waals surface area contributed by atoms with Crippen molar-refractivity contribution in [2.75, 3.05) is 0 Å². The third-order valence-electron chi connectivity index (χ3n) is 2.62. The van der Waals surface area contributed by atoms with E-state index in [1.807, 2.05) is 0 Å². The summed E-state index contributed by atoms with van der Waals surface area (Å²) >= 11 is 9.07. The summed E-state index contributed by atoms with van der Waals surface area (Å²) < 4.78 is 38.4. The molecule has 0 saturated carbocycles. The largest absolute Gasteiger partial charge is 0.416 e. The molecule has 0 aromatic heterocycles. The molecular weight excluding hydrogens is 316 g/mol. The Morgan fingerprint density at radius 1 is 1.12 bits per heavy atom. The lowest BCUT2D eigenvalue weighted by Gasteiger charge is -2.11. The van der Waals surface area contributed by atoms with Gasteiger partial charge >= 0.3 is 6.18 Å². The van der Waals surface area contributed by atoms with Crippen LogP contribution in [0.15, 0.2) is 28.7 Å². The molecule has 5 heteroatoms. The van der Waals surface area contributed by atoms with E-state index in [4.69, 9.17) is 11.6 Å². The van der Waals surface area contributed by atoms with E-state index >= 15 is 0 Å². The van der Waals surface area contributed by atoms with E-state index in [1.54, 1.807) is 19.1 Å². The first-order valence-corrected chi connectivity index (χ1v) is 5.93. The van der Waals surface area contributed by atoms with Crippen molar-refractivity contribution < 1.29 is 13.2 Å². The molecule has 0 nitrogen and oxygen atoms in total. The van der Waals surface area contributed by atoms with E-state index in [0.29, 0.717) is 20.4 Å². The average molecular weight is 324 g/mol. The highest BCUT2D eigenvalue weighted by Crippen LogP contribution is 2.37. The topological polar surface area (TPSA) is 0 Å². The van der Waals surface area contributed by atoms with E-state index in [1.165, 1.54) is 0 Å². The number of rotatable bonds is 0. The van der Waals surface area contributed by atoms with Gasteiger partial charge in [-0.3, -0.25) is 0 Å². The Morgan fingerprint density at radius 3 is 2.35 bits per heavy atom. The van der Waals surface area contributed by atoms with E-state index in [0.717, 1.165) is 17.5 Å². The van der Waals surface area contributed by atoms with Crippen molar-refractivity contribution in [2.24, 2.45) is 0 Å². The Hall–Kier alpha value is -0.740. The number of benzene rings is 2. The molecule has 0 N–H and O–H groups in total. The maximum Gasteiger partial charge on any atom is 0.416 e. The molecule has 0 radical (unpaired) electrons. The standard InChI is InChI=1S/C12H7BrClF3/c1-6-9-4-7(12(15,16)17)5-10(13)8(9)2-3-11(6)14/h2-5H,1H3. The van der Waals surface area contributed by atoms with Crippen LogP contribution in [0, 0.1) is 6.92 Å². The van der Waals surface area contributed by atoms with Gasteiger partial charge in [-0.1, -0.05) is 33.6 Å². The minimum atomic E-state index is -4.36. The Labute approximate surface area is 110 Å². The molecule has 2 aromatic carbocycles. The van der Waals surface area contributed by atoms with Crippen LogP contribution in [0.3, 0.4) is 0 Å². The number of halogens is 5. The van der Waals surface area contributed by atoms with Crippen LogP contribution in [0.25, 0.3) is 10.8 Å². The summed E-state index contributed by atoms with van der Waals surface area (Å²) in [5.74, 6) is 0. The first kappa shape index (κ1) is 12.7. The van der Waals surface area contributed by atoms with Gasteiger partial charge < -0.3 is 0 Å². The normalized spacial score (nSPS) is 12.1. The Bertz CT molecular complexity index is 590. The lowest BCUT2D eigenvalue weighted by atomic mass is 10.0. The zero-order valence-electron chi connectivity index (χ0n) is 8.70. The molecule has 0 spiro atoms. The van der Waals surface area contributed by atoms with Crippen LogP contribution in [0.2, 0.25) is 5.02 Å². The third kappa shape index (κ3) is 2.29. The van der Waals surface area contributed by atoms with Gasteiger partial charge in [0.1, 0.15) is 0 Å². The van der Waals surface area contributed by atoms with Crippen molar-refractivity contribution >= 4 is 38.3 Å². The number of hydrogen-bond donors (Lipinski definition) is 0. The van der Waals surface area contributed by atoms with Crippen LogP contribution in [-0.2, 0) is 6.18 Å². The quantitative estimate of drug-likeness (QED) is 0.593. The fourth-order valence-electron chi connectivity index (χ4n) is 1.67. The molecule has 0 bridgehead atoms. The highest BCUT2D eigenvalue weighted by Gasteiger charge is 2.31. The van der Waals surface area contributed by atoms with Gasteiger partial charge in [0.05, 0.1) is 5.56 Å². The van der Waals surface area contributed by atoms with Crippen molar-refractivity contribution in [2.45, 2.75) is 13.1 Å². The zero-order chi connectivity index (χ0) is 12.8. The van der Waals surface area contributed by atoms with Crippen molar-refractivity contribution in [1.82, 2.24) is 0 Å². The van der Waals surface area contributed by atoms with Crippen molar-refractivity contribution in [1.29, 1.82) is 0 Å². The highest BCUT2D eigenvalue weighted by atomic mass is 79.9. The first-order chi connectivity index (χ1) is 7.80. The lowest BCUT2D eigenvalue weighted by Crippen LogP contribution is -2.05. The fourth-order valence-corrected chi connectivity index (χ4v) is 2.43. The molecule has 2 rings (SSSR count). The smallest absolute Gasteiger partial charge is 0.166 e. The van der Waals surface area contributed by atoms with Crippen LogP contribution in [-0.4, -0.2) is 0 Å². The lowest BCUT2D eigenvalue weighted by molar-refractivity contribution is -0.137. The third-order valence-corrected chi connectivity index (χ3v) is 3.68. The molecule has 0 saturated heterocycles. The molecule has 0 unspecified atom stereocenters. The predicted octanol–water partition coefficient (Wildman–Crippen LogP) is 5.58. The van der Waals surface area contributed by atoms with Crippen LogP contribution >= 0.6 is 27.5 Å².